The van der Waals surface area contributed by atoms with E-state index in [1.807, 2.05) is 46.9 Å². The van der Waals surface area contributed by atoms with E-state index in [1.54, 1.807) is 0 Å². The number of likely N-dealkylation sites (N-methyl/N-ethyl adjacent to an activating group) is 1. The molecule has 0 bridgehead atoms. The number of rotatable bonds is 4. The number of para-hydroxylation sites is 1. The fourth-order valence-electron chi connectivity index (χ4n) is 2.78. The zero-order valence-corrected chi connectivity index (χ0v) is 13.0. The van der Waals surface area contributed by atoms with Gasteiger partial charge in [0.15, 0.2) is 0 Å². The molecule has 2 unspecified atom stereocenters. The van der Waals surface area contributed by atoms with Crippen molar-refractivity contribution in [2.75, 3.05) is 25.1 Å². The highest BCUT2D eigenvalue weighted by molar-refractivity contribution is 7.99. The van der Waals surface area contributed by atoms with E-state index in [0.29, 0.717) is 6.04 Å². The van der Waals surface area contributed by atoms with E-state index in [9.17, 15) is 0 Å². The molecule has 1 saturated heterocycles. The van der Waals surface area contributed by atoms with E-state index in [0.717, 1.165) is 23.7 Å². The minimum atomic E-state index is 0.0607. The van der Waals surface area contributed by atoms with Crippen LogP contribution in [0.25, 0.3) is 5.69 Å². The minimum Gasteiger partial charge on any atom is -0.300 e. The van der Waals surface area contributed by atoms with Crippen molar-refractivity contribution in [1.29, 1.82) is 0 Å². The third-order valence-electron chi connectivity index (χ3n) is 4.00. The molecular formula is C15H21N5S. The first-order valence-electron chi connectivity index (χ1n) is 7.14. The maximum atomic E-state index is 5.88. The zero-order valence-electron chi connectivity index (χ0n) is 12.1. The molecule has 0 saturated carbocycles. The number of nitrogens with two attached hydrogens (primary N) is 1. The first-order chi connectivity index (χ1) is 10.3. The topological polar surface area (TPSA) is 59.1 Å². The molecule has 5 nitrogen and oxygen atoms in total. The van der Waals surface area contributed by atoms with Crippen LogP contribution in [-0.2, 0) is 0 Å². The predicted octanol–water partition coefficient (Wildman–Crippen LogP) is 1.42. The van der Waals surface area contributed by atoms with Gasteiger partial charge in [-0.05, 0) is 25.2 Å². The van der Waals surface area contributed by atoms with Crippen LogP contribution in [0.5, 0.6) is 0 Å². The Morgan fingerprint density at radius 3 is 2.86 bits per heavy atom. The van der Waals surface area contributed by atoms with Crippen molar-refractivity contribution in [3.8, 4) is 5.69 Å². The summed E-state index contributed by atoms with van der Waals surface area (Å²) in [6.07, 6.45) is 1.84. The monoisotopic (exact) mass is 303 g/mol. The van der Waals surface area contributed by atoms with E-state index in [4.69, 9.17) is 5.84 Å². The lowest BCUT2D eigenvalue weighted by atomic mass is 10.1. The molecule has 1 aromatic carbocycles. The second-order valence-electron chi connectivity index (χ2n) is 5.27. The summed E-state index contributed by atoms with van der Waals surface area (Å²) >= 11 is 1.98. The van der Waals surface area contributed by atoms with Crippen molar-refractivity contribution in [3.05, 3.63) is 48.3 Å². The summed E-state index contributed by atoms with van der Waals surface area (Å²) in [4.78, 5) is 2.38. The van der Waals surface area contributed by atoms with Crippen molar-refractivity contribution >= 4 is 11.8 Å². The molecule has 3 N–H and O–H groups in total. The van der Waals surface area contributed by atoms with E-state index < -0.39 is 0 Å². The minimum absolute atomic E-state index is 0.0607. The summed E-state index contributed by atoms with van der Waals surface area (Å²) in [7, 11) is 2.16. The smallest absolute Gasteiger partial charge is 0.0796 e. The van der Waals surface area contributed by atoms with Crippen LogP contribution in [0.4, 0.5) is 0 Å². The molecule has 0 radical (unpaired) electrons. The van der Waals surface area contributed by atoms with Crippen LogP contribution in [0, 0.1) is 0 Å². The molecule has 2 atom stereocenters. The Hall–Kier alpha value is -1.34. The molecule has 3 rings (SSSR count). The summed E-state index contributed by atoms with van der Waals surface area (Å²) in [5.41, 5.74) is 5.16. The van der Waals surface area contributed by atoms with Crippen molar-refractivity contribution in [3.63, 3.8) is 0 Å². The average Bonchev–Trinajstić information content (AvgIpc) is 3.00. The zero-order chi connectivity index (χ0) is 14.7. The van der Waals surface area contributed by atoms with Gasteiger partial charge in [-0.3, -0.25) is 10.7 Å². The van der Waals surface area contributed by atoms with Crippen molar-refractivity contribution in [2.24, 2.45) is 5.84 Å². The van der Waals surface area contributed by atoms with Crippen LogP contribution in [0.15, 0.2) is 42.6 Å². The fraction of sp³-hybridized carbons (Fsp3) is 0.400. The standard InChI is InChI=1S/C15H21N5S/c1-19-9-10-21-11-14(19)15(18-16)13-7-8-17-20(13)12-5-3-2-4-6-12/h2-8,14-15,18H,9-11,16H2,1H3. The van der Waals surface area contributed by atoms with Gasteiger partial charge in [0, 0.05) is 30.3 Å². The van der Waals surface area contributed by atoms with Gasteiger partial charge in [0.2, 0.25) is 0 Å². The average molecular weight is 303 g/mol. The SMILES string of the molecule is CN1CCSCC1C(NN)c1ccnn1-c1ccccc1. The molecule has 112 valence electrons. The van der Waals surface area contributed by atoms with Gasteiger partial charge in [-0.15, -0.1) is 0 Å². The second kappa shape index (κ2) is 6.62. The summed E-state index contributed by atoms with van der Waals surface area (Å²) in [6, 6.07) is 12.6. The lowest BCUT2D eigenvalue weighted by Gasteiger charge is -2.37. The van der Waals surface area contributed by atoms with E-state index in [2.05, 4.69) is 34.6 Å². The number of benzene rings is 1. The Morgan fingerprint density at radius 2 is 2.14 bits per heavy atom. The summed E-state index contributed by atoms with van der Waals surface area (Å²) < 4.78 is 1.97. The van der Waals surface area contributed by atoms with Gasteiger partial charge in [0.1, 0.15) is 0 Å². The molecule has 0 amide bonds. The highest BCUT2D eigenvalue weighted by Gasteiger charge is 2.30. The van der Waals surface area contributed by atoms with Crippen LogP contribution < -0.4 is 11.3 Å². The van der Waals surface area contributed by atoms with Gasteiger partial charge in [-0.1, -0.05) is 18.2 Å². The summed E-state index contributed by atoms with van der Waals surface area (Å²) in [6.45, 7) is 1.09. The van der Waals surface area contributed by atoms with Crippen LogP contribution in [-0.4, -0.2) is 45.8 Å². The van der Waals surface area contributed by atoms with E-state index in [1.165, 1.54) is 5.75 Å². The number of hydrogen-bond acceptors (Lipinski definition) is 5. The van der Waals surface area contributed by atoms with E-state index >= 15 is 0 Å². The molecule has 0 spiro atoms. The molecule has 6 heteroatoms. The van der Waals surface area contributed by atoms with Crippen LogP contribution in [0.1, 0.15) is 11.7 Å². The highest BCUT2D eigenvalue weighted by atomic mass is 32.2. The Balaban J connectivity index is 1.93. The maximum absolute atomic E-state index is 5.88. The van der Waals surface area contributed by atoms with Crippen molar-refractivity contribution < 1.29 is 0 Å². The Bertz CT molecular complexity index is 570. The number of nitrogens with one attached hydrogen (secondary N) is 1. The van der Waals surface area contributed by atoms with Gasteiger partial charge in [0.05, 0.1) is 17.4 Å². The largest absolute Gasteiger partial charge is 0.300 e. The van der Waals surface area contributed by atoms with Gasteiger partial charge < -0.3 is 0 Å². The van der Waals surface area contributed by atoms with Gasteiger partial charge in [-0.25, -0.2) is 10.1 Å². The van der Waals surface area contributed by atoms with E-state index in [-0.39, 0.29) is 6.04 Å². The molecular weight excluding hydrogens is 282 g/mol. The number of nitrogens with zero attached hydrogens (tertiary/aromatic N) is 3. The normalized spacial score (nSPS) is 21.3. The second-order valence-corrected chi connectivity index (χ2v) is 6.42. The molecule has 1 aliphatic heterocycles. The number of thioether (sulfide) groups is 1. The first-order valence-corrected chi connectivity index (χ1v) is 8.30. The fourth-order valence-corrected chi connectivity index (χ4v) is 4.06. The summed E-state index contributed by atoms with van der Waals surface area (Å²) in [5, 5.41) is 4.47. The lowest BCUT2D eigenvalue weighted by molar-refractivity contribution is 0.212. The summed E-state index contributed by atoms with van der Waals surface area (Å²) in [5.74, 6) is 8.13. The first kappa shape index (κ1) is 14.6. The molecule has 2 aromatic rings. The van der Waals surface area contributed by atoms with Gasteiger partial charge in [0.25, 0.3) is 0 Å². The predicted molar refractivity (Wildman–Crippen MR) is 87.4 cm³/mol. The molecule has 21 heavy (non-hydrogen) atoms. The molecule has 1 aliphatic rings. The maximum Gasteiger partial charge on any atom is 0.0796 e. The van der Waals surface area contributed by atoms with Crippen molar-refractivity contribution in [1.82, 2.24) is 20.1 Å². The number of hydrazine groups is 1. The molecule has 2 heterocycles. The number of aromatic nitrogens is 2. The quantitative estimate of drug-likeness (QED) is 0.661. The Kier molecular flexibility index (Phi) is 4.60. The van der Waals surface area contributed by atoms with Gasteiger partial charge in [-0.2, -0.15) is 16.9 Å². The molecule has 1 fully saturated rings. The molecule has 1 aromatic heterocycles. The van der Waals surface area contributed by atoms with Gasteiger partial charge >= 0.3 is 0 Å². The lowest BCUT2D eigenvalue weighted by Crippen LogP contribution is -2.50. The van der Waals surface area contributed by atoms with Crippen LogP contribution in [0.2, 0.25) is 0 Å². The Morgan fingerprint density at radius 1 is 1.33 bits per heavy atom. The van der Waals surface area contributed by atoms with Crippen molar-refractivity contribution in [2.45, 2.75) is 12.1 Å². The third kappa shape index (κ3) is 2.98. The van der Waals surface area contributed by atoms with Crippen LogP contribution in [0.3, 0.4) is 0 Å². The molecule has 0 aliphatic carbocycles. The highest BCUT2D eigenvalue weighted by Crippen LogP contribution is 2.27. The third-order valence-corrected chi connectivity index (χ3v) is 5.05. The van der Waals surface area contributed by atoms with Crippen LogP contribution >= 0.6 is 11.8 Å². The number of hydrogen-bond donors (Lipinski definition) is 2. The Labute approximate surface area is 129 Å².